The van der Waals surface area contributed by atoms with E-state index in [9.17, 15) is 4.79 Å². The van der Waals surface area contributed by atoms with Crippen LogP contribution in [0.1, 0.15) is 36.2 Å². The van der Waals surface area contributed by atoms with E-state index < -0.39 is 0 Å². The molecule has 0 saturated heterocycles. The zero-order valence-corrected chi connectivity index (χ0v) is 12.3. The number of nitrogens with zero attached hydrogens (tertiary/aromatic N) is 2. The van der Waals surface area contributed by atoms with Gasteiger partial charge in [0.25, 0.3) is 5.91 Å². The monoisotopic (exact) mass is 297 g/mol. The minimum Gasteiger partial charge on any atom is -0.474 e. The number of ether oxygens (including phenoxy) is 1. The lowest BCUT2D eigenvalue weighted by atomic mass is 9.93. The van der Waals surface area contributed by atoms with Gasteiger partial charge in [0.2, 0.25) is 5.88 Å². The van der Waals surface area contributed by atoms with E-state index in [-0.39, 0.29) is 18.1 Å². The molecule has 5 nitrogen and oxygen atoms in total. The molecule has 22 heavy (non-hydrogen) atoms. The van der Waals surface area contributed by atoms with Crippen molar-refractivity contribution < 1.29 is 9.53 Å². The normalized spacial score (nSPS) is 21.1. The van der Waals surface area contributed by atoms with E-state index >= 15 is 0 Å². The van der Waals surface area contributed by atoms with Crippen molar-refractivity contribution in [2.75, 3.05) is 0 Å². The summed E-state index contributed by atoms with van der Waals surface area (Å²) in [6, 6.07) is 11.2. The number of pyridine rings is 2. The van der Waals surface area contributed by atoms with Crippen LogP contribution in [0.2, 0.25) is 0 Å². The quantitative estimate of drug-likeness (QED) is 0.942. The first-order valence-electron chi connectivity index (χ1n) is 7.61. The van der Waals surface area contributed by atoms with Gasteiger partial charge in [0, 0.05) is 24.5 Å². The summed E-state index contributed by atoms with van der Waals surface area (Å²) in [4.78, 5) is 20.3. The van der Waals surface area contributed by atoms with Crippen molar-refractivity contribution in [3.05, 3.63) is 54.5 Å². The van der Waals surface area contributed by atoms with Crippen LogP contribution < -0.4 is 10.1 Å². The van der Waals surface area contributed by atoms with E-state index in [4.69, 9.17) is 4.74 Å². The molecule has 0 atom stereocenters. The highest BCUT2D eigenvalue weighted by molar-refractivity contribution is 5.92. The molecule has 2 heterocycles. The van der Waals surface area contributed by atoms with Crippen LogP contribution in [0.25, 0.3) is 0 Å². The van der Waals surface area contributed by atoms with Crippen molar-refractivity contribution in [2.45, 2.75) is 37.8 Å². The summed E-state index contributed by atoms with van der Waals surface area (Å²) >= 11 is 0. The second-order valence-corrected chi connectivity index (χ2v) is 5.45. The summed E-state index contributed by atoms with van der Waals surface area (Å²) in [6.45, 7) is 0. The van der Waals surface area contributed by atoms with Gasteiger partial charge in [-0.3, -0.25) is 9.78 Å². The fraction of sp³-hybridized carbons (Fsp3) is 0.353. The molecule has 2 aromatic heterocycles. The highest BCUT2D eigenvalue weighted by Gasteiger charge is 2.24. The lowest BCUT2D eigenvalue weighted by molar-refractivity contribution is 0.0885. The number of nitrogens with one attached hydrogen (secondary N) is 1. The van der Waals surface area contributed by atoms with Gasteiger partial charge in [-0.05, 0) is 43.9 Å². The van der Waals surface area contributed by atoms with Crippen LogP contribution in [0.5, 0.6) is 5.88 Å². The number of carbonyl (C=O) groups excluding carboxylic acids is 1. The number of rotatable bonds is 4. The number of hydrogen-bond donors (Lipinski definition) is 1. The fourth-order valence-electron chi connectivity index (χ4n) is 2.67. The topological polar surface area (TPSA) is 64.1 Å². The molecule has 1 aliphatic rings. The van der Waals surface area contributed by atoms with Gasteiger partial charge < -0.3 is 10.1 Å². The van der Waals surface area contributed by atoms with Crippen molar-refractivity contribution in [3.8, 4) is 5.88 Å². The number of hydrogen-bond acceptors (Lipinski definition) is 4. The van der Waals surface area contributed by atoms with Gasteiger partial charge >= 0.3 is 0 Å². The summed E-state index contributed by atoms with van der Waals surface area (Å²) < 4.78 is 5.86. The summed E-state index contributed by atoms with van der Waals surface area (Å²) in [5.74, 6) is 0.568. The van der Waals surface area contributed by atoms with E-state index in [2.05, 4.69) is 15.3 Å². The Bertz CT molecular complexity index is 596. The van der Waals surface area contributed by atoms with Crippen LogP contribution in [0, 0.1) is 0 Å². The van der Waals surface area contributed by atoms with E-state index in [1.807, 2.05) is 24.3 Å². The van der Waals surface area contributed by atoms with Gasteiger partial charge in [0.1, 0.15) is 11.8 Å². The van der Waals surface area contributed by atoms with Crippen molar-refractivity contribution >= 4 is 5.91 Å². The summed E-state index contributed by atoms with van der Waals surface area (Å²) in [5.41, 5.74) is 0.467. The van der Waals surface area contributed by atoms with E-state index in [0.29, 0.717) is 11.6 Å². The first-order chi connectivity index (χ1) is 10.8. The third kappa shape index (κ3) is 3.81. The lowest BCUT2D eigenvalue weighted by Gasteiger charge is -2.29. The molecule has 1 N–H and O–H groups in total. The molecule has 114 valence electrons. The maximum absolute atomic E-state index is 12.1. The first kappa shape index (κ1) is 14.5. The van der Waals surface area contributed by atoms with Gasteiger partial charge in [-0.2, -0.15) is 0 Å². The Hall–Kier alpha value is -2.43. The number of carbonyl (C=O) groups is 1. The number of aromatic nitrogens is 2. The molecule has 1 amide bonds. The summed E-state index contributed by atoms with van der Waals surface area (Å²) in [6.07, 6.45) is 7.21. The molecule has 0 spiro atoms. The van der Waals surface area contributed by atoms with Crippen LogP contribution in [0.3, 0.4) is 0 Å². The Morgan fingerprint density at radius 3 is 2.36 bits per heavy atom. The van der Waals surface area contributed by atoms with Gasteiger partial charge in [-0.25, -0.2) is 4.98 Å². The van der Waals surface area contributed by atoms with Gasteiger partial charge in [0.05, 0.1) is 0 Å². The largest absolute Gasteiger partial charge is 0.474 e. The van der Waals surface area contributed by atoms with Crippen molar-refractivity contribution in [2.24, 2.45) is 0 Å². The zero-order valence-electron chi connectivity index (χ0n) is 12.3. The minimum atomic E-state index is -0.102. The molecule has 1 fully saturated rings. The molecular weight excluding hydrogens is 278 g/mol. The van der Waals surface area contributed by atoms with Crippen LogP contribution in [-0.2, 0) is 0 Å². The molecule has 3 rings (SSSR count). The second kappa shape index (κ2) is 7.02. The molecule has 0 unspecified atom stereocenters. The van der Waals surface area contributed by atoms with Crippen molar-refractivity contribution in [1.29, 1.82) is 0 Å². The molecule has 0 aliphatic heterocycles. The third-order valence-electron chi connectivity index (χ3n) is 3.83. The van der Waals surface area contributed by atoms with Crippen molar-refractivity contribution in [1.82, 2.24) is 15.3 Å². The van der Waals surface area contributed by atoms with E-state index in [1.165, 1.54) is 0 Å². The Balaban J connectivity index is 1.47. The van der Waals surface area contributed by atoms with Crippen LogP contribution in [0.15, 0.2) is 48.8 Å². The SMILES string of the molecule is O=C(NC1CCC(Oc2ccccn2)CC1)c1ccccn1. The Labute approximate surface area is 129 Å². The molecular formula is C17H19N3O2. The Morgan fingerprint density at radius 2 is 1.73 bits per heavy atom. The molecule has 2 aromatic rings. The maximum atomic E-state index is 12.1. The second-order valence-electron chi connectivity index (χ2n) is 5.45. The molecule has 0 radical (unpaired) electrons. The highest BCUT2D eigenvalue weighted by atomic mass is 16.5. The molecule has 1 aliphatic carbocycles. The molecule has 0 bridgehead atoms. The predicted octanol–water partition coefficient (Wildman–Crippen LogP) is 2.60. The zero-order chi connectivity index (χ0) is 15.2. The van der Waals surface area contributed by atoms with Crippen LogP contribution in [-0.4, -0.2) is 28.0 Å². The van der Waals surface area contributed by atoms with Gasteiger partial charge in [-0.15, -0.1) is 0 Å². The van der Waals surface area contributed by atoms with E-state index in [1.54, 1.807) is 24.5 Å². The highest BCUT2D eigenvalue weighted by Crippen LogP contribution is 2.22. The summed E-state index contributed by atoms with van der Waals surface area (Å²) in [5, 5.41) is 3.05. The maximum Gasteiger partial charge on any atom is 0.270 e. The first-order valence-corrected chi connectivity index (χ1v) is 7.61. The standard InChI is InChI=1S/C17H19N3O2/c21-17(15-5-1-3-11-18-15)20-13-7-9-14(10-8-13)22-16-6-2-4-12-19-16/h1-6,11-14H,7-10H2,(H,20,21). The van der Waals surface area contributed by atoms with Gasteiger partial charge in [-0.1, -0.05) is 12.1 Å². The smallest absolute Gasteiger partial charge is 0.270 e. The summed E-state index contributed by atoms with van der Waals surface area (Å²) in [7, 11) is 0. The fourth-order valence-corrected chi connectivity index (χ4v) is 2.67. The average Bonchev–Trinajstić information content (AvgIpc) is 2.58. The number of amides is 1. The third-order valence-corrected chi connectivity index (χ3v) is 3.83. The van der Waals surface area contributed by atoms with Gasteiger partial charge in [0.15, 0.2) is 0 Å². The average molecular weight is 297 g/mol. The Morgan fingerprint density at radius 1 is 1.00 bits per heavy atom. The predicted molar refractivity (Wildman–Crippen MR) is 82.6 cm³/mol. The molecule has 0 aromatic carbocycles. The molecule has 1 saturated carbocycles. The minimum absolute atomic E-state index is 0.102. The van der Waals surface area contributed by atoms with Crippen molar-refractivity contribution in [3.63, 3.8) is 0 Å². The Kier molecular flexibility index (Phi) is 4.63. The van der Waals surface area contributed by atoms with Crippen LogP contribution >= 0.6 is 0 Å². The van der Waals surface area contributed by atoms with E-state index in [0.717, 1.165) is 25.7 Å². The van der Waals surface area contributed by atoms with Crippen LogP contribution in [0.4, 0.5) is 0 Å². The molecule has 5 heteroatoms. The lowest BCUT2D eigenvalue weighted by Crippen LogP contribution is -2.40.